The van der Waals surface area contributed by atoms with Crippen molar-refractivity contribution in [2.45, 2.75) is 20.4 Å². The Morgan fingerprint density at radius 3 is 2.77 bits per heavy atom. The summed E-state index contributed by atoms with van der Waals surface area (Å²) in [6, 6.07) is 0. The number of rotatable bonds is 3. The van der Waals surface area contributed by atoms with E-state index in [4.69, 9.17) is 10.5 Å². The van der Waals surface area contributed by atoms with Crippen molar-refractivity contribution in [2.75, 3.05) is 12.8 Å². The summed E-state index contributed by atoms with van der Waals surface area (Å²) in [5.41, 5.74) is 10.2. The molecule has 0 bridgehead atoms. The number of pyridine rings is 1. The van der Waals surface area contributed by atoms with Crippen LogP contribution in [-0.2, 0) is 6.54 Å². The maximum Gasteiger partial charge on any atom is 0.202 e. The van der Waals surface area contributed by atoms with Crippen molar-refractivity contribution >= 4 is 33.0 Å². The van der Waals surface area contributed by atoms with Gasteiger partial charge in [-0.1, -0.05) is 0 Å². The fourth-order valence-electron chi connectivity index (χ4n) is 2.46. The number of anilines is 1. The molecule has 0 radical (unpaired) electrons. The van der Waals surface area contributed by atoms with Crippen molar-refractivity contribution in [3.05, 3.63) is 33.9 Å². The van der Waals surface area contributed by atoms with Crippen LogP contribution in [0.5, 0.6) is 5.75 Å². The number of nitrogen functional groups attached to an aromatic ring is 1. The lowest BCUT2D eigenvalue weighted by Gasteiger charge is -2.13. The number of halogens is 1. The lowest BCUT2D eigenvalue weighted by Crippen LogP contribution is -2.09. The molecule has 0 fully saturated rings. The summed E-state index contributed by atoms with van der Waals surface area (Å²) in [5.74, 6) is 1.21. The number of nitrogens with zero attached hydrogens (tertiary/aromatic N) is 5. The van der Waals surface area contributed by atoms with Gasteiger partial charge in [-0.3, -0.25) is 9.55 Å². The van der Waals surface area contributed by atoms with Crippen LogP contribution >= 0.6 is 15.9 Å². The fourth-order valence-corrected chi connectivity index (χ4v) is 2.82. The molecule has 3 rings (SSSR count). The lowest BCUT2D eigenvalue weighted by atomic mass is 10.1. The highest BCUT2D eigenvalue weighted by Crippen LogP contribution is 2.27. The van der Waals surface area contributed by atoms with E-state index in [9.17, 15) is 0 Å². The normalized spacial score (nSPS) is 11.1. The van der Waals surface area contributed by atoms with Gasteiger partial charge in [-0.2, -0.15) is 0 Å². The van der Waals surface area contributed by atoms with Crippen LogP contribution in [0.4, 0.5) is 5.95 Å². The smallest absolute Gasteiger partial charge is 0.202 e. The second-order valence-corrected chi connectivity index (χ2v) is 5.69. The molecule has 0 saturated carbocycles. The number of hydrogen-bond donors (Lipinski definition) is 1. The number of aryl methyl sites for hydroxylation is 1. The Morgan fingerprint density at radius 1 is 1.27 bits per heavy atom. The Hall–Kier alpha value is -2.22. The minimum absolute atomic E-state index is 0.372. The molecule has 0 aliphatic carbocycles. The van der Waals surface area contributed by atoms with Crippen molar-refractivity contribution in [1.82, 2.24) is 24.5 Å². The SMILES string of the molecule is COc1c(C)cnc(Cn2c(N)nc3c(Br)ncnc32)c1C. The van der Waals surface area contributed by atoms with Gasteiger partial charge in [0.2, 0.25) is 5.95 Å². The van der Waals surface area contributed by atoms with Gasteiger partial charge in [0.05, 0.1) is 19.3 Å². The highest BCUT2D eigenvalue weighted by molar-refractivity contribution is 9.10. The van der Waals surface area contributed by atoms with E-state index in [0.29, 0.717) is 28.3 Å². The Labute approximate surface area is 135 Å². The van der Waals surface area contributed by atoms with E-state index in [1.807, 2.05) is 18.4 Å². The number of nitrogens with two attached hydrogens (primary N) is 1. The second kappa shape index (κ2) is 5.53. The van der Waals surface area contributed by atoms with Crippen LogP contribution in [0.1, 0.15) is 16.8 Å². The van der Waals surface area contributed by atoms with E-state index in [-0.39, 0.29) is 0 Å². The number of ether oxygens (including phenoxy) is 1. The molecule has 7 nitrogen and oxygen atoms in total. The summed E-state index contributed by atoms with van der Waals surface area (Å²) in [5, 5.41) is 0. The standard InChI is InChI=1S/C14H15BrN6O/c1-7-4-17-9(8(2)11(7)22-3)5-21-13-10(20-14(21)16)12(15)18-6-19-13/h4,6H,5H2,1-3H3,(H2,16,20). The fraction of sp³-hybridized carbons (Fsp3) is 0.286. The molecule has 0 aromatic carbocycles. The van der Waals surface area contributed by atoms with Crippen LogP contribution in [0, 0.1) is 13.8 Å². The number of methoxy groups -OCH3 is 1. The quantitative estimate of drug-likeness (QED) is 0.718. The molecule has 0 saturated heterocycles. The van der Waals surface area contributed by atoms with E-state index in [0.717, 1.165) is 22.6 Å². The van der Waals surface area contributed by atoms with Gasteiger partial charge < -0.3 is 10.5 Å². The van der Waals surface area contributed by atoms with Crippen molar-refractivity contribution in [1.29, 1.82) is 0 Å². The molecule has 3 heterocycles. The first-order chi connectivity index (χ1) is 10.5. The van der Waals surface area contributed by atoms with E-state index in [1.54, 1.807) is 13.3 Å². The van der Waals surface area contributed by atoms with E-state index >= 15 is 0 Å². The summed E-state index contributed by atoms with van der Waals surface area (Å²) in [4.78, 5) is 17.1. The molecule has 0 spiro atoms. The van der Waals surface area contributed by atoms with E-state index in [2.05, 4.69) is 35.9 Å². The molecule has 0 amide bonds. The highest BCUT2D eigenvalue weighted by Gasteiger charge is 2.16. The minimum Gasteiger partial charge on any atom is -0.496 e. The molecular weight excluding hydrogens is 348 g/mol. The van der Waals surface area contributed by atoms with Gasteiger partial charge in [0, 0.05) is 17.3 Å². The molecule has 114 valence electrons. The van der Waals surface area contributed by atoms with Crippen molar-refractivity contribution in [3.8, 4) is 5.75 Å². The maximum atomic E-state index is 6.02. The van der Waals surface area contributed by atoms with Crippen LogP contribution in [-0.4, -0.2) is 31.6 Å². The number of imidazole rings is 1. The van der Waals surface area contributed by atoms with Crippen molar-refractivity contribution in [2.24, 2.45) is 0 Å². The summed E-state index contributed by atoms with van der Waals surface area (Å²) >= 11 is 3.36. The van der Waals surface area contributed by atoms with Crippen molar-refractivity contribution < 1.29 is 4.74 Å². The Kier molecular flexibility index (Phi) is 3.69. The van der Waals surface area contributed by atoms with Gasteiger partial charge in [-0.15, -0.1) is 0 Å². The Balaban J connectivity index is 2.12. The maximum absolute atomic E-state index is 6.02. The van der Waals surface area contributed by atoms with Crippen LogP contribution in [0.3, 0.4) is 0 Å². The molecule has 8 heteroatoms. The van der Waals surface area contributed by atoms with Crippen LogP contribution in [0.2, 0.25) is 0 Å². The minimum atomic E-state index is 0.372. The molecule has 22 heavy (non-hydrogen) atoms. The average molecular weight is 363 g/mol. The molecule has 3 aromatic heterocycles. The van der Waals surface area contributed by atoms with E-state index < -0.39 is 0 Å². The van der Waals surface area contributed by atoms with Crippen LogP contribution in [0.25, 0.3) is 11.2 Å². The molecular formula is C14H15BrN6O. The van der Waals surface area contributed by atoms with Crippen LogP contribution in [0.15, 0.2) is 17.1 Å². The average Bonchev–Trinajstić information content (AvgIpc) is 2.80. The largest absolute Gasteiger partial charge is 0.496 e. The van der Waals surface area contributed by atoms with Gasteiger partial charge in [-0.25, -0.2) is 15.0 Å². The number of hydrogen-bond acceptors (Lipinski definition) is 6. The first kappa shape index (κ1) is 14.7. The first-order valence-corrected chi connectivity index (χ1v) is 7.43. The second-order valence-electron chi connectivity index (χ2n) is 4.94. The predicted molar refractivity (Wildman–Crippen MR) is 86.8 cm³/mol. The molecule has 0 aliphatic heterocycles. The molecule has 0 aliphatic rings. The zero-order valence-corrected chi connectivity index (χ0v) is 14.0. The lowest BCUT2D eigenvalue weighted by molar-refractivity contribution is 0.406. The summed E-state index contributed by atoms with van der Waals surface area (Å²) in [6.07, 6.45) is 3.27. The van der Waals surface area contributed by atoms with Gasteiger partial charge in [0.15, 0.2) is 5.65 Å². The van der Waals surface area contributed by atoms with Gasteiger partial charge in [-0.05, 0) is 29.8 Å². The van der Waals surface area contributed by atoms with Gasteiger partial charge in [0.1, 0.15) is 22.2 Å². The van der Waals surface area contributed by atoms with E-state index in [1.165, 1.54) is 6.33 Å². The Bertz CT molecular complexity index is 860. The third-order valence-electron chi connectivity index (χ3n) is 3.57. The topological polar surface area (TPSA) is 91.7 Å². The van der Waals surface area contributed by atoms with Crippen molar-refractivity contribution in [3.63, 3.8) is 0 Å². The summed E-state index contributed by atoms with van der Waals surface area (Å²) in [7, 11) is 1.66. The number of aromatic nitrogens is 5. The first-order valence-electron chi connectivity index (χ1n) is 6.64. The zero-order valence-electron chi connectivity index (χ0n) is 12.5. The predicted octanol–water partition coefficient (Wildman–Crippen LogP) is 2.24. The molecule has 0 atom stereocenters. The third-order valence-corrected chi connectivity index (χ3v) is 4.15. The summed E-state index contributed by atoms with van der Waals surface area (Å²) in [6.45, 7) is 4.41. The van der Waals surface area contributed by atoms with Gasteiger partial charge >= 0.3 is 0 Å². The zero-order chi connectivity index (χ0) is 15.9. The monoisotopic (exact) mass is 362 g/mol. The van der Waals surface area contributed by atoms with Gasteiger partial charge in [0.25, 0.3) is 0 Å². The third kappa shape index (κ3) is 2.29. The highest BCUT2D eigenvalue weighted by atomic mass is 79.9. The molecule has 0 unspecified atom stereocenters. The number of fused-ring (bicyclic) bond motifs is 1. The molecule has 2 N–H and O–H groups in total. The summed E-state index contributed by atoms with van der Waals surface area (Å²) < 4.78 is 7.87. The van der Waals surface area contributed by atoms with Crippen LogP contribution < -0.4 is 10.5 Å². The molecule has 3 aromatic rings. The Morgan fingerprint density at radius 2 is 2.05 bits per heavy atom.